The van der Waals surface area contributed by atoms with Crippen molar-refractivity contribution in [3.05, 3.63) is 59.6 Å². The summed E-state index contributed by atoms with van der Waals surface area (Å²) in [5, 5.41) is 3.39. The van der Waals surface area contributed by atoms with E-state index in [2.05, 4.69) is 5.32 Å². The van der Waals surface area contributed by atoms with E-state index in [9.17, 15) is 4.79 Å². The van der Waals surface area contributed by atoms with Crippen molar-refractivity contribution in [1.29, 1.82) is 0 Å². The van der Waals surface area contributed by atoms with E-state index in [0.717, 1.165) is 5.75 Å². The minimum absolute atomic E-state index is 0.163. The van der Waals surface area contributed by atoms with E-state index in [1.54, 1.807) is 24.3 Å². The van der Waals surface area contributed by atoms with Gasteiger partial charge in [-0.25, -0.2) is 0 Å². The summed E-state index contributed by atoms with van der Waals surface area (Å²) < 4.78 is 11.2. The van der Waals surface area contributed by atoms with Gasteiger partial charge in [0.2, 0.25) is 0 Å². The molecule has 1 amide bonds. The molecule has 0 bridgehead atoms. The quantitative estimate of drug-likeness (QED) is 0.749. The largest absolute Gasteiger partial charge is 0.492 e. The maximum Gasteiger partial charge on any atom is 0.261 e. The van der Waals surface area contributed by atoms with Gasteiger partial charge in [0, 0.05) is 5.02 Å². The zero-order chi connectivity index (χ0) is 16.5. The van der Waals surface area contributed by atoms with E-state index in [4.69, 9.17) is 21.1 Å². The van der Waals surface area contributed by atoms with Gasteiger partial charge in [-0.05, 0) is 36.8 Å². The molecule has 1 atom stereocenters. The van der Waals surface area contributed by atoms with Gasteiger partial charge >= 0.3 is 0 Å². The van der Waals surface area contributed by atoms with Crippen LogP contribution in [0.25, 0.3) is 0 Å². The minimum Gasteiger partial charge on any atom is -0.492 e. The highest BCUT2D eigenvalue weighted by molar-refractivity contribution is 6.30. The van der Waals surface area contributed by atoms with Crippen LogP contribution in [-0.2, 0) is 4.79 Å². The van der Waals surface area contributed by atoms with Gasteiger partial charge in [-0.1, -0.05) is 42.8 Å². The second-order valence-corrected chi connectivity index (χ2v) is 5.36. The third kappa shape index (κ3) is 5.83. The number of nitrogens with one attached hydrogen (secondary N) is 1. The summed E-state index contributed by atoms with van der Waals surface area (Å²) in [4.78, 5) is 12.2. The molecule has 0 unspecified atom stereocenters. The van der Waals surface area contributed by atoms with E-state index >= 15 is 0 Å². The van der Waals surface area contributed by atoms with Gasteiger partial charge in [0.15, 0.2) is 6.10 Å². The zero-order valence-corrected chi connectivity index (χ0v) is 13.8. The molecule has 0 spiro atoms. The summed E-state index contributed by atoms with van der Waals surface area (Å²) in [7, 11) is 0. The van der Waals surface area contributed by atoms with Crippen LogP contribution in [0.15, 0.2) is 54.6 Å². The second kappa shape index (κ2) is 9.06. The first-order valence-electron chi connectivity index (χ1n) is 7.57. The fraction of sp³-hybridized carbons (Fsp3) is 0.278. The number of ether oxygens (including phenoxy) is 2. The number of para-hydroxylation sites is 1. The molecule has 2 rings (SSSR count). The first kappa shape index (κ1) is 17.2. The fourth-order valence-corrected chi connectivity index (χ4v) is 2.18. The number of rotatable bonds is 8. The molecule has 0 aromatic heterocycles. The molecule has 0 aliphatic carbocycles. The Morgan fingerprint density at radius 2 is 1.87 bits per heavy atom. The molecular weight excluding hydrogens is 314 g/mol. The highest BCUT2D eigenvalue weighted by atomic mass is 35.5. The topological polar surface area (TPSA) is 47.6 Å². The van der Waals surface area contributed by atoms with Crippen molar-refractivity contribution in [2.45, 2.75) is 19.4 Å². The van der Waals surface area contributed by atoms with Crippen LogP contribution < -0.4 is 14.8 Å². The lowest BCUT2D eigenvalue weighted by molar-refractivity contribution is -0.128. The molecule has 2 aromatic rings. The van der Waals surface area contributed by atoms with Crippen molar-refractivity contribution >= 4 is 17.5 Å². The third-order valence-electron chi connectivity index (χ3n) is 3.15. The van der Waals surface area contributed by atoms with E-state index in [1.807, 2.05) is 37.3 Å². The summed E-state index contributed by atoms with van der Waals surface area (Å²) >= 11 is 5.91. The lowest BCUT2D eigenvalue weighted by Gasteiger charge is -2.17. The molecule has 1 N–H and O–H groups in total. The van der Waals surface area contributed by atoms with Crippen molar-refractivity contribution < 1.29 is 14.3 Å². The van der Waals surface area contributed by atoms with Gasteiger partial charge < -0.3 is 14.8 Å². The Balaban J connectivity index is 1.76. The van der Waals surface area contributed by atoms with Crippen molar-refractivity contribution in [1.82, 2.24) is 5.32 Å². The number of benzene rings is 2. The second-order valence-electron chi connectivity index (χ2n) is 4.92. The van der Waals surface area contributed by atoms with Crippen LogP contribution in [0.4, 0.5) is 0 Å². The number of hydrogen-bond acceptors (Lipinski definition) is 3. The Bertz CT molecular complexity index is 619. The van der Waals surface area contributed by atoms with E-state index in [1.165, 1.54) is 0 Å². The maximum absolute atomic E-state index is 12.2. The van der Waals surface area contributed by atoms with Crippen LogP contribution in [0.1, 0.15) is 13.3 Å². The number of halogens is 1. The van der Waals surface area contributed by atoms with Crippen molar-refractivity contribution in [3.63, 3.8) is 0 Å². The van der Waals surface area contributed by atoms with Crippen molar-refractivity contribution in [2.24, 2.45) is 0 Å². The Morgan fingerprint density at radius 1 is 1.13 bits per heavy atom. The molecule has 23 heavy (non-hydrogen) atoms. The molecule has 4 nitrogen and oxygen atoms in total. The maximum atomic E-state index is 12.2. The van der Waals surface area contributed by atoms with Crippen LogP contribution in [0.5, 0.6) is 11.5 Å². The first-order chi connectivity index (χ1) is 11.2. The molecular formula is C18H20ClNO3. The van der Waals surface area contributed by atoms with Crippen molar-refractivity contribution in [3.8, 4) is 11.5 Å². The molecule has 2 aromatic carbocycles. The SMILES string of the molecule is CC[C@H](Oc1cccc(Cl)c1)C(=O)NCCOc1ccccc1. The standard InChI is InChI=1S/C18H20ClNO3/c1-2-17(23-16-10-6-7-14(19)13-16)18(21)20-11-12-22-15-8-4-3-5-9-15/h3-10,13,17H,2,11-12H2,1H3,(H,20,21)/t17-/m0/s1. The summed E-state index contributed by atoms with van der Waals surface area (Å²) in [5.74, 6) is 1.20. The monoisotopic (exact) mass is 333 g/mol. The van der Waals surface area contributed by atoms with Gasteiger partial charge in [-0.15, -0.1) is 0 Å². The molecule has 0 radical (unpaired) electrons. The molecule has 5 heteroatoms. The van der Waals surface area contributed by atoms with Gasteiger partial charge in [-0.3, -0.25) is 4.79 Å². The lowest BCUT2D eigenvalue weighted by atomic mass is 10.2. The predicted molar refractivity (Wildman–Crippen MR) is 91.1 cm³/mol. The summed E-state index contributed by atoms with van der Waals surface area (Å²) in [6.07, 6.45) is 0.0166. The highest BCUT2D eigenvalue weighted by Gasteiger charge is 2.17. The van der Waals surface area contributed by atoms with Gasteiger partial charge in [-0.2, -0.15) is 0 Å². The fourth-order valence-electron chi connectivity index (χ4n) is 2.00. The number of amides is 1. The van der Waals surface area contributed by atoms with Gasteiger partial charge in [0.05, 0.1) is 6.54 Å². The van der Waals surface area contributed by atoms with E-state index < -0.39 is 6.10 Å². The highest BCUT2D eigenvalue weighted by Crippen LogP contribution is 2.19. The normalized spacial score (nSPS) is 11.6. The Hall–Kier alpha value is -2.20. The van der Waals surface area contributed by atoms with Crippen LogP contribution in [-0.4, -0.2) is 25.2 Å². The zero-order valence-electron chi connectivity index (χ0n) is 13.0. The molecule has 0 aliphatic heterocycles. The molecule has 122 valence electrons. The number of carbonyl (C=O) groups excluding carboxylic acids is 1. The molecule has 0 aliphatic rings. The van der Waals surface area contributed by atoms with Crippen LogP contribution in [0, 0.1) is 0 Å². The lowest BCUT2D eigenvalue weighted by Crippen LogP contribution is -2.39. The smallest absolute Gasteiger partial charge is 0.261 e. The predicted octanol–water partition coefficient (Wildman–Crippen LogP) is 3.69. The van der Waals surface area contributed by atoms with Crippen molar-refractivity contribution in [2.75, 3.05) is 13.2 Å². The average Bonchev–Trinajstić information content (AvgIpc) is 2.57. The Morgan fingerprint density at radius 3 is 2.57 bits per heavy atom. The molecule has 0 saturated heterocycles. The third-order valence-corrected chi connectivity index (χ3v) is 3.39. The van der Waals surface area contributed by atoms with Crippen LogP contribution >= 0.6 is 11.6 Å². The van der Waals surface area contributed by atoms with Crippen LogP contribution in [0.3, 0.4) is 0 Å². The average molecular weight is 334 g/mol. The molecule has 0 fully saturated rings. The number of hydrogen-bond donors (Lipinski definition) is 1. The summed E-state index contributed by atoms with van der Waals surface area (Å²) in [6, 6.07) is 16.5. The Labute approximate surface area is 141 Å². The van der Waals surface area contributed by atoms with Gasteiger partial charge in [0.25, 0.3) is 5.91 Å². The summed E-state index contributed by atoms with van der Waals surface area (Å²) in [5.41, 5.74) is 0. The van der Waals surface area contributed by atoms with Crippen LogP contribution in [0.2, 0.25) is 5.02 Å². The van der Waals surface area contributed by atoms with Gasteiger partial charge in [0.1, 0.15) is 18.1 Å². The number of carbonyl (C=O) groups is 1. The van der Waals surface area contributed by atoms with E-state index in [-0.39, 0.29) is 5.91 Å². The Kier molecular flexibility index (Phi) is 6.76. The molecule has 0 heterocycles. The summed E-state index contributed by atoms with van der Waals surface area (Å²) in [6.45, 7) is 2.72. The first-order valence-corrected chi connectivity index (χ1v) is 7.94. The minimum atomic E-state index is -0.551. The van der Waals surface area contributed by atoms with E-state index in [0.29, 0.717) is 30.3 Å². The molecule has 0 saturated carbocycles.